The summed E-state index contributed by atoms with van der Waals surface area (Å²) in [6, 6.07) is 0.532. The van der Waals surface area contributed by atoms with Gasteiger partial charge in [-0.25, -0.2) is 5.43 Å². The van der Waals surface area contributed by atoms with E-state index in [1.54, 1.807) is 0 Å². The van der Waals surface area contributed by atoms with E-state index in [1.807, 2.05) is 0 Å². The minimum absolute atomic E-state index is 0.532. The molecule has 0 aliphatic carbocycles. The number of hydrogen-bond acceptors (Lipinski definition) is 3. The molecule has 2 rings (SSSR count). The smallest absolute Gasteiger partial charge is 0.0466 e. The monoisotopic (exact) mass is 153 g/mol. The number of nitrogens with one attached hydrogen (secondary N) is 2. The summed E-state index contributed by atoms with van der Waals surface area (Å²) >= 11 is 0. The van der Waals surface area contributed by atoms with Crippen LogP contribution in [0.5, 0.6) is 0 Å². The zero-order valence-corrected chi connectivity index (χ0v) is 7.15. The second kappa shape index (κ2) is 2.50. The van der Waals surface area contributed by atoms with Crippen LogP contribution in [-0.2, 0) is 0 Å². The molecule has 1 saturated heterocycles. The second-order valence-corrected chi connectivity index (χ2v) is 3.31. The highest BCUT2D eigenvalue weighted by Gasteiger charge is 2.26. The molecule has 0 spiro atoms. The van der Waals surface area contributed by atoms with E-state index in [4.69, 9.17) is 0 Å². The zero-order chi connectivity index (χ0) is 7.84. The van der Waals surface area contributed by atoms with E-state index in [9.17, 15) is 0 Å². The average Bonchev–Trinajstić information content (AvgIpc) is 2.30. The highest BCUT2D eigenvalue weighted by Crippen LogP contribution is 2.20. The normalized spacial score (nSPS) is 31.1. The fraction of sp³-hybridized carbons (Fsp3) is 0.750. The van der Waals surface area contributed by atoms with Crippen LogP contribution in [0.15, 0.2) is 11.3 Å². The van der Waals surface area contributed by atoms with Gasteiger partial charge in [-0.3, -0.25) is 0 Å². The Morgan fingerprint density at radius 3 is 3.09 bits per heavy atom. The van der Waals surface area contributed by atoms with Gasteiger partial charge in [-0.1, -0.05) is 0 Å². The predicted molar refractivity (Wildman–Crippen MR) is 44.9 cm³/mol. The third kappa shape index (κ3) is 1.04. The van der Waals surface area contributed by atoms with Crippen molar-refractivity contribution in [3.05, 3.63) is 11.3 Å². The molecule has 11 heavy (non-hydrogen) atoms. The third-order valence-electron chi connectivity index (χ3n) is 2.58. The molecule has 2 aliphatic rings. The average molecular weight is 153 g/mol. The van der Waals surface area contributed by atoms with Crippen molar-refractivity contribution in [1.29, 1.82) is 0 Å². The Morgan fingerprint density at radius 1 is 1.55 bits per heavy atom. The third-order valence-corrected chi connectivity index (χ3v) is 2.58. The minimum atomic E-state index is 0.532. The van der Waals surface area contributed by atoms with E-state index in [1.165, 1.54) is 11.3 Å². The van der Waals surface area contributed by atoms with Crippen LogP contribution in [0.4, 0.5) is 0 Å². The van der Waals surface area contributed by atoms with Crippen LogP contribution >= 0.6 is 0 Å². The molecule has 62 valence electrons. The van der Waals surface area contributed by atoms with Gasteiger partial charge in [0.1, 0.15) is 0 Å². The molecule has 0 saturated carbocycles. The van der Waals surface area contributed by atoms with Gasteiger partial charge in [0.2, 0.25) is 0 Å². The molecule has 0 aromatic heterocycles. The van der Waals surface area contributed by atoms with Gasteiger partial charge in [-0.2, -0.15) is 0 Å². The standard InChI is InChI=1S/C8H15N3/c1-6-7(2)10-11-4-3-9-5-8(6)11/h7,9-10H,3-5H2,1-2H3. The first-order valence-electron chi connectivity index (χ1n) is 4.23. The molecule has 0 aromatic rings. The van der Waals surface area contributed by atoms with Crippen LogP contribution in [0.1, 0.15) is 13.8 Å². The lowest BCUT2D eigenvalue weighted by Gasteiger charge is -2.28. The summed E-state index contributed by atoms with van der Waals surface area (Å²) in [5.41, 5.74) is 6.36. The molecule has 1 atom stereocenters. The Bertz CT molecular complexity index is 198. The van der Waals surface area contributed by atoms with Crippen molar-refractivity contribution in [2.24, 2.45) is 0 Å². The molecule has 1 fully saturated rings. The van der Waals surface area contributed by atoms with Crippen LogP contribution in [0.25, 0.3) is 0 Å². The zero-order valence-electron chi connectivity index (χ0n) is 7.15. The summed E-state index contributed by atoms with van der Waals surface area (Å²) in [5.74, 6) is 0. The molecule has 0 amide bonds. The molecule has 0 radical (unpaired) electrons. The fourth-order valence-corrected chi connectivity index (χ4v) is 1.70. The summed E-state index contributed by atoms with van der Waals surface area (Å²) in [6.07, 6.45) is 0. The van der Waals surface area contributed by atoms with Crippen LogP contribution < -0.4 is 10.7 Å². The Balaban J connectivity index is 2.22. The van der Waals surface area contributed by atoms with Crippen molar-refractivity contribution in [3.8, 4) is 0 Å². The van der Waals surface area contributed by atoms with Gasteiger partial charge in [0, 0.05) is 31.4 Å². The van der Waals surface area contributed by atoms with Gasteiger partial charge in [-0.15, -0.1) is 0 Å². The highest BCUT2D eigenvalue weighted by molar-refractivity contribution is 5.23. The number of hydrazine groups is 1. The fourth-order valence-electron chi connectivity index (χ4n) is 1.70. The SMILES string of the molecule is CC1=C2CNCCN2NC1C. The maximum absolute atomic E-state index is 3.42. The Kier molecular flexibility index (Phi) is 1.62. The lowest BCUT2D eigenvalue weighted by molar-refractivity contribution is 0.232. The van der Waals surface area contributed by atoms with E-state index in [2.05, 4.69) is 29.6 Å². The first-order valence-corrected chi connectivity index (χ1v) is 4.23. The molecule has 2 heterocycles. The molecular formula is C8H15N3. The Labute approximate surface area is 67.4 Å². The van der Waals surface area contributed by atoms with Crippen LogP contribution in [0.2, 0.25) is 0 Å². The second-order valence-electron chi connectivity index (χ2n) is 3.31. The van der Waals surface area contributed by atoms with Crippen molar-refractivity contribution in [2.45, 2.75) is 19.9 Å². The van der Waals surface area contributed by atoms with Crippen LogP contribution in [0, 0.1) is 0 Å². The lowest BCUT2D eigenvalue weighted by atomic mass is 10.1. The first-order chi connectivity index (χ1) is 5.29. The van der Waals surface area contributed by atoms with E-state index in [0.29, 0.717) is 6.04 Å². The molecule has 2 aliphatic heterocycles. The molecule has 3 heteroatoms. The van der Waals surface area contributed by atoms with Crippen molar-refractivity contribution in [2.75, 3.05) is 19.6 Å². The summed E-state index contributed by atoms with van der Waals surface area (Å²) in [4.78, 5) is 0. The summed E-state index contributed by atoms with van der Waals surface area (Å²) in [6.45, 7) is 7.64. The van der Waals surface area contributed by atoms with Gasteiger partial charge in [0.05, 0.1) is 0 Å². The van der Waals surface area contributed by atoms with Crippen molar-refractivity contribution >= 4 is 0 Å². The Morgan fingerprint density at radius 2 is 2.36 bits per heavy atom. The molecular weight excluding hydrogens is 138 g/mol. The van der Waals surface area contributed by atoms with Gasteiger partial charge in [0.25, 0.3) is 0 Å². The molecule has 2 N–H and O–H groups in total. The summed E-state index contributed by atoms with van der Waals surface area (Å²) in [5, 5.41) is 5.64. The quantitative estimate of drug-likeness (QED) is 0.516. The molecule has 1 unspecified atom stereocenters. The van der Waals surface area contributed by atoms with E-state index in [-0.39, 0.29) is 0 Å². The maximum Gasteiger partial charge on any atom is 0.0466 e. The highest BCUT2D eigenvalue weighted by atomic mass is 15.6. The predicted octanol–water partition coefficient (Wildman–Crippen LogP) is 0.0723. The first kappa shape index (κ1) is 7.13. The molecule has 0 bridgehead atoms. The summed E-state index contributed by atoms with van der Waals surface area (Å²) in [7, 11) is 0. The van der Waals surface area contributed by atoms with E-state index < -0.39 is 0 Å². The largest absolute Gasteiger partial charge is 0.309 e. The Hall–Kier alpha value is -0.540. The topological polar surface area (TPSA) is 27.3 Å². The molecule has 3 nitrogen and oxygen atoms in total. The maximum atomic E-state index is 3.42. The van der Waals surface area contributed by atoms with Crippen molar-refractivity contribution in [1.82, 2.24) is 15.8 Å². The van der Waals surface area contributed by atoms with Gasteiger partial charge < -0.3 is 10.3 Å². The number of piperazine rings is 1. The number of nitrogens with zero attached hydrogens (tertiary/aromatic N) is 1. The number of rotatable bonds is 0. The van der Waals surface area contributed by atoms with E-state index in [0.717, 1.165) is 19.6 Å². The van der Waals surface area contributed by atoms with E-state index >= 15 is 0 Å². The van der Waals surface area contributed by atoms with Gasteiger partial charge in [-0.05, 0) is 19.4 Å². The number of fused-ring (bicyclic) bond motifs is 1. The van der Waals surface area contributed by atoms with Crippen LogP contribution in [0.3, 0.4) is 0 Å². The van der Waals surface area contributed by atoms with Crippen LogP contribution in [-0.4, -0.2) is 30.7 Å². The number of hydrogen-bond donors (Lipinski definition) is 2. The lowest BCUT2D eigenvalue weighted by Crippen LogP contribution is -2.46. The molecule has 0 aromatic carbocycles. The minimum Gasteiger partial charge on any atom is -0.309 e. The summed E-state index contributed by atoms with van der Waals surface area (Å²) < 4.78 is 0. The van der Waals surface area contributed by atoms with Crippen molar-refractivity contribution in [3.63, 3.8) is 0 Å². The van der Waals surface area contributed by atoms with Crippen molar-refractivity contribution < 1.29 is 0 Å². The van der Waals surface area contributed by atoms with Gasteiger partial charge >= 0.3 is 0 Å². The van der Waals surface area contributed by atoms with Gasteiger partial charge in [0.15, 0.2) is 0 Å².